The Bertz CT molecular complexity index is 707. The van der Waals surface area contributed by atoms with E-state index >= 15 is 0 Å². The molecule has 0 saturated heterocycles. The predicted octanol–water partition coefficient (Wildman–Crippen LogP) is 3.70. The van der Waals surface area contributed by atoms with Gasteiger partial charge in [0.15, 0.2) is 11.7 Å². The Balaban J connectivity index is 0.00000312. The molecule has 1 aromatic carbocycles. The van der Waals surface area contributed by atoms with Gasteiger partial charge in [0, 0.05) is 26.4 Å². The predicted molar refractivity (Wildman–Crippen MR) is 105 cm³/mol. The number of aromatic nitrogens is 1. The van der Waals surface area contributed by atoms with Crippen LogP contribution in [0.5, 0.6) is 0 Å². The second-order valence-corrected chi connectivity index (χ2v) is 6.72. The minimum Gasteiger partial charge on any atom is -0.441 e. The van der Waals surface area contributed by atoms with Gasteiger partial charge in [0.2, 0.25) is 5.91 Å². The Morgan fingerprint density at radius 1 is 1.31 bits per heavy atom. The molecule has 26 heavy (non-hydrogen) atoms. The Kier molecular flexibility index (Phi) is 9.84. The fraction of sp³-hybridized carbons (Fsp3) is 0.444. The first-order valence-electron chi connectivity index (χ1n) is 7.96. The fourth-order valence-electron chi connectivity index (χ4n) is 2.41. The number of nitrogens with two attached hydrogens (primary N) is 1. The van der Waals surface area contributed by atoms with Crippen LogP contribution in [0, 0.1) is 11.2 Å². The van der Waals surface area contributed by atoms with Gasteiger partial charge in [0.25, 0.3) is 0 Å². The number of benzene rings is 1. The van der Waals surface area contributed by atoms with Gasteiger partial charge in [-0.3, -0.25) is 4.79 Å². The van der Waals surface area contributed by atoms with Crippen molar-refractivity contribution in [2.75, 3.05) is 20.1 Å². The zero-order chi connectivity index (χ0) is 17.7. The Labute approximate surface area is 166 Å². The van der Waals surface area contributed by atoms with E-state index in [0.717, 1.165) is 0 Å². The molecule has 0 radical (unpaired) electrons. The highest BCUT2D eigenvalue weighted by atomic mass is 35.5. The van der Waals surface area contributed by atoms with Gasteiger partial charge in [0.05, 0.1) is 11.8 Å². The first-order chi connectivity index (χ1) is 11.3. The number of halogens is 3. The Hall–Kier alpha value is -1.63. The number of hydrogen-bond donors (Lipinski definition) is 1. The van der Waals surface area contributed by atoms with Crippen molar-refractivity contribution in [2.45, 2.75) is 26.7 Å². The van der Waals surface area contributed by atoms with E-state index in [-0.39, 0.29) is 48.4 Å². The normalized spacial score (nSPS) is 10.7. The van der Waals surface area contributed by atoms with Crippen molar-refractivity contribution in [2.24, 2.45) is 11.1 Å². The van der Waals surface area contributed by atoms with Crippen molar-refractivity contribution < 1.29 is 13.6 Å². The molecule has 0 unspecified atom stereocenters. The minimum absolute atomic E-state index is 0. The van der Waals surface area contributed by atoms with Gasteiger partial charge in [-0.15, -0.1) is 24.8 Å². The molecule has 5 nitrogen and oxygen atoms in total. The molecule has 146 valence electrons. The van der Waals surface area contributed by atoms with Gasteiger partial charge in [-0.2, -0.15) is 0 Å². The van der Waals surface area contributed by atoms with Gasteiger partial charge in [0.1, 0.15) is 5.82 Å². The molecule has 0 aliphatic rings. The van der Waals surface area contributed by atoms with Crippen molar-refractivity contribution in [3.8, 4) is 11.3 Å². The lowest BCUT2D eigenvalue weighted by molar-refractivity contribution is -0.131. The van der Waals surface area contributed by atoms with Crippen LogP contribution in [0.3, 0.4) is 0 Å². The topological polar surface area (TPSA) is 72.4 Å². The average Bonchev–Trinajstić information content (AvgIpc) is 3.01. The molecule has 1 aromatic heterocycles. The van der Waals surface area contributed by atoms with Crippen LogP contribution in [0.2, 0.25) is 0 Å². The highest BCUT2D eigenvalue weighted by molar-refractivity contribution is 5.85. The quantitative estimate of drug-likeness (QED) is 0.761. The summed E-state index contributed by atoms with van der Waals surface area (Å²) in [6.07, 6.45) is 2.15. The molecular weight excluding hydrogens is 380 g/mol. The van der Waals surface area contributed by atoms with Crippen LogP contribution >= 0.6 is 24.8 Å². The number of carbonyl (C=O) groups is 1. The molecule has 0 fully saturated rings. The van der Waals surface area contributed by atoms with Crippen molar-refractivity contribution in [3.05, 3.63) is 42.2 Å². The second-order valence-electron chi connectivity index (χ2n) is 6.72. The summed E-state index contributed by atoms with van der Waals surface area (Å²) in [6.45, 7) is 5.14. The molecule has 2 N–H and O–H groups in total. The molecule has 0 spiro atoms. The van der Waals surface area contributed by atoms with Gasteiger partial charge in [-0.1, -0.05) is 26.0 Å². The summed E-state index contributed by atoms with van der Waals surface area (Å²) in [5.41, 5.74) is 5.94. The zero-order valence-corrected chi connectivity index (χ0v) is 16.8. The van der Waals surface area contributed by atoms with Crippen molar-refractivity contribution in [3.63, 3.8) is 0 Å². The van der Waals surface area contributed by atoms with E-state index in [2.05, 4.69) is 4.98 Å². The van der Waals surface area contributed by atoms with Gasteiger partial charge in [-0.05, 0) is 24.1 Å². The number of oxazole rings is 1. The molecule has 1 heterocycles. The number of hydrogen-bond acceptors (Lipinski definition) is 4. The van der Waals surface area contributed by atoms with Crippen LogP contribution in [-0.2, 0) is 11.2 Å². The van der Waals surface area contributed by atoms with Crippen LogP contribution in [-0.4, -0.2) is 35.9 Å². The number of nitrogens with zero attached hydrogens (tertiary/aromatic N) is 2. The van der Waals surface area contributed by atoms with Crippen LogP contribution in [0.25, 0.3) is 11.3 Å². The Morgan fingerprint density at radius 2 is 1.96 bits per heavy atom. The molecule has 8 heteroatoms. The summed E-state index contributed by atoms with van der Waals surface area (Å²) in [7, 11) is 1.76. The molecular formula is C18H26Cl2FN3O2. The fourth-order valence-corrected chi connectivity index (χ4v) is 2.41. The summed E-state index contributed by atoms with van der Waals surface area (Å²) < 4.78 is 19.3. The third kappa shape index (κ3) is 6.59. The van der Waals surface area contributed by atoms with Gasteiger partial charge < -0.3 is 15.1 Å². The lowest BCUT2D eigenvalue weighted by Crippen LogP contribution is -2.39. The van der Waals surface area contributed by atoms with Crippen LogP contribution in [0.1, 0.15) is 26.2 Å². The first-order valence-corrected chi connectivity index (χ1v) is 7.96. The second kappa shape index (κ2) is 10.5. The summed E-state index contributed by atoms with van der Waals surface area (Å²) in [4.78, 5) is 18.0. The number of aryl methyl sites for hydroxylation is 1. The van der Waals surface area contributed by atoms with E-state index in [9.17, 15) is 9.18 Å². The van der Waals surface area contributed by atoms with Gasteiger partial charge in [-0.25, -0.2) is 9.37 Å². The number of carbonyl (C=O) groups excluding carboxylic acids is 1. The van der Waals surface area contributed by atoms with Gasteiger partial charge >= 0.3 is 0 Å². The molecule has 0 aliphatic carbocycles. The molecule has 2 aromatic rings. The smallest absolute Gasteiger partial charge is 0.222 e. The van der Waals surface area contributed by atoms with Crippen molar-refractivity contribution in [1.29, 1.82) is 0 Å². The first kappa shape index (κ1) is 24.4. The molecule has 0 bridgehead atoms. The monoisotopic (exact) mass is 405 g/mol. The maximum atomic E-state index is 13.7. The number of rotatable bonds is 7. The third-order valence-corrected chi connectivity index (χ3v) is 3.89. The maximum absolute atomic E-state index is 13.7. The summed E-state index contributed by atoms with van der Waals surface area (Å²) in [6, 6.07) is 6.36. The highest BCUT2D eigenvalue weighted by Gasteiger charge is 2.21. The lowest BCUT2D eigenvalue weighted by Gasteiger charge is -2.29. The molecule has 0 saturated carbocycles. The highest BCUT2D eigenvalue weighted by Crippen LogP contribution is 2.23. The van der Waals surface area contributed by atoms with Crippen LogP contribution in [0.15, 0.2) is 34.9 Å². The largest absolute Gasteiger partial charge is 0.441 e. The SMILES string of the molecule is CN(CC(C)(C)CN)C(=O)CCc1ncc(-c2ccccc2F)o1.Cl.Cl. The van der Waals surface area contributed by atoms with E-state index in [4.69, 9.17) is 10.2 Å². The third-order valence-electron chi connectivity index (χ3n) is 3.89. The Morgan fingerprint density at radius 3 is 2.58 bits per heavy atom. The molecule has 0 aliphatic heterocycles. The lowest BCUT2D eigenvalue weighted by atomic mass is 9.93. The van der Waals surface area contributed by atoms with E-state index in [0.29, 0.717) is 36.7 Å². The summed E-state index contributed by atoms with van der Waals surface area (Å²) in [5, 5.41) is 0. The standard InChI is InChI=1S/C18H24FN3O2.2ClH/c1-18(2,11-20)12-22(3)17(23)9-8-16-21-10-15(24-16)13-6-4-5-7-14(13)19;;/h4-7,10H,8-9,11-12,20H2,1-3H3;2*1H. The van der Waals surface area contributed by atoms with Crippen molar-refractivity contribution >= 4 is 30.7 Å². The van der Waals surface area contributed by atoms with E-state index in [1.54, 1.807) is 30.1 Å². The number of amides is 1. The minimum atomic E-state index is -0.361. The summed E-state index contributed by atoms with van der Waals surface area (Å²) >= 11 is 0. The van der Waals surface area contributed by atoms with Crippen LogP contribution < -0.4 is 5.73 Å². The van der Waals surface area contributed by atoms with E-state index < -0.39 is 0 Å². The zero-order valence-electron chi connectivity index (χ0n) is 15.2. The average molecular weight is 406 g/mol. The van der Waals surface area contributed by atoms with E-state index in [1.807, 2.05) is 13.8 Å². The van der Waals surface area contributed by atoms with Crippen molar-refractivity contribution in [1.82, 2.24) is 9.88 Å². The maximum Gasteiger partial charge on any atom is 0.222 e. The molecule has 2 rings (SSSR count). The van der Waals surface area contributed by atoms with E-state index in [1.165, 1.54) is 12.3 Å². The van der Waals surface area contributed by atoms with Crippen LogP contribution in [0.4, 0.5) is 4.39 Å². The molecule has 1 amide bonds. The molecule has 0 atom stereocenters. The summed E-state index contributed by atoms with van der Waals surface area (Å²) in [5.74, 6) is 0.434.